The van der Waals surface area contributed by atoms with Crippen molar-refractivity contribution in [2.24, 2.45) is 0 Å². The Morgan fingerprint density at radius 1 is 1.38 bits per heavy atom. The number of para-hydroxylation sites is 1. The molecule has 4 heteroatoms. The summed E-state index contributed by atoms with van der Waals surface area (Å²) >= 11 is 0. The van der Waals surface area contributed by atoms with E-state index in [0.29, 0.717) is 13.1 Å². The van der Waals surface area contributed by atoms with Crippen molar-refractivity contribution in [1.82, 2.24) is 4.90 Å². The second-order valence-corrected chi connectivity index (χ2v) is 5.45. The van der Waals surface area contributed by atoms with E-state index < -0.39 is 0 Å². The summed E-state index contributed by atoms with van der Waals surface area (Å²) in [5, 5.41) is 3.34. The van der Waals surface area contributed by atoms with Gasteiger partial charge in [0.25, 0.3) is 5.91 Å². The summed E-state index contributed by atoms with van der Waals surface area (Å²) in [4.78, 5) is 14.7. The van der Waals surface area contributed by atoms with Crippen LogP contribution in [-0.2, 0) is 4.74 Å². The van der Waals surface area contributed by atoms with Gasteiger partial charge in [-0.2, -0.15) is 0 Å². The number of amides is 1. The van der Waals surface area contributed by atoms with Crippen LogP contribution in [-0.4, -0.2) is 43.2 Å². The number of hydrogen-bond acceptors (Lipinski definition) is 3. The van der Waals surface area contributed by atoms with Crippen molar-refractivity contribution >= 4 is 11.6 Å². The second kappa shape index (κ2) is 8.03. The molecule has 0 spiro atoms. The maximum absolute atomic E-state index is 12.8. The molecule has 0 bridgehead atoms. The number of rotatable bonds is 7. The van der Waals surface area contributed by atoms with Crippen LogP contribution in [0.3, 0.4) is 0 Å². The van der Waals surface area contributed by atoms with Crippen LogP contribution in [0, 0.1) is 0 Å². The molecule has 4 nitrogen and oxygen atoms in total. The van der Waals surface area contributed by atoms with Gasteiger partial charge in [0.15, 0.2) is 0 Å². The Kier molecular flexibility index (Phi) is 6.05. The molecule has 0 radical (unpaired) electrons. The molecule has 0 saturated carbocycles. The lowest BCUT2D eigenvalue weighted by Gasteiger charge is -2.25. The number of ether oxygens (including phenoxy) is 1. The van der Waals surface area contributed by atoms with Gasteiger partial charge < -0.3 is 15.0 Å². The zero-order valence-electron chi connectivity index (χ0n) is 13.1. The fraction of sp³-hybridized carbons (Fsp3) is 0.588. The number of carbonyl (C=O) groups is 1. The van der Waals surface area contributed by atoms with Gasteiger partial charge in [-0.3, -0.25) is 4.79 Å². The van der Waals surface area contributed by atoms with Crippen LogP contribution >= 0.6 is 0 Å². The van der Waals surface area contributed by atoms with E-state index in [1.165, 1.54) is 0 Å². The van der Waals surface area contributed by atoms with Gasteiger partial charge in [-0.15, -0.1) is 0 Å². The fourth-order valence-electron chi connectivity index (χ4n) is 2.64. The van der Waals surface area contributed by atoms with Crippen LogP contribution < -0.4 is 5.32 Å². The minimum atomic E-state index is 0.0900. The summed E-state index contributed by atoms with van der Waals surface area (Å²) in [5.74, 6) is 0.0900. The van der Waals surface area contributed by atoms with Gasteiger partial charge in [-0.25, -0.2) is 0 Å². The summed E-state index contributed by atoms with van der Waals surface area (Å²) in [5.41, 5.74) is 1.68. The normalized spacial score (nSPS) is 17.7. The maximum Gasteiger partial charge on any atom is 0.256 e. The van der Waals surface area contributed by atoms with Crippen LogP contribution in [0.2, 0.25) is 0 Å². The Bertz CT molecular complexity index is 456. The minimum absolute atomic E-state index is 0.0900. The quantitative estimate of drug-likeness (QED) is 0.838. The van der Waals surface area contributed by atoms with Crippen LogP contribution in [0.4, 0.5) is 5.69 Å². The Balaban J connectivity index is 2.08. The number of likely N-dealkylation sites (N-methyl/N-ethyl adjacent to an activating group) is 1. The third-order valence-corrected chi connectivity index (χ3v) is 3.84. The molecule has 1 aromatic carbocycles. The minimum Gasteiger partial charge on any atom is -0.384 e. The Hall–Kier alpha value is -1.55. The van der Waals surface area contributed by atoms with Crippen molar-refractivity contribution in [3.05, 3.63) is 29.8 Å². The van der Waals surface area contributed by atoms with Gasteiger partial charge in [0.1, 0.15) is 0 Å². The first-order valence-corrected chi connectivity index (χ1v) is 8.00. The molecule has 21 heavy (non-hydrogen) atoms. The van der Waals surface area contributed by atoms with Crippen molar-refractivity contribution in [3.8, 4) is 0 Å². The van der Waals surface area contributed by atoms with Crippen LogP contribution in [0.25, 0.3) is 0 Å². The molecular formula is C17H26N2O2. The summed E-state index contributed by atoms with van der Waals surface area (Å²) in [6, 6.07) is 7.76. The summed E-state index contributed by atoms with van der Waals surface area (Å²) in [6.07, 6.45) is 3.39. The summed E-state index contributed by atoms with van der Waals surface area (Å²) in [6.45, 7) is 7.24. The first-order valence-electron chi connectivity index (χ1n) is 8.00. The maximum atomic E-state index is 12.8. The van der Waals surface area contributed by atoms with E-state index in [1.807, 2.05) is 36.1 Å². The first kappa shape index (κ1) is 15.8. The van der Waals surface area contributed by atoms with Crippen molar-refractivity contribution in [2.75, 3.05) is 31.6 Å². The van der Waals surface area contributed by atoms with Crippen molar-refractivity contribution < 1.29 is 9.53 Å². The molecule has 1 N–H and O–H groups in total. The number of benzene rings is 1. The predicted molar refractivity (Wildman–Crippen MR) is 85.8 cm³/mol. The third kappa shape index (κ3) is 4.21. The highest BCUT2D eigenvalue weighted by Crippen LogP contribution is 2.19. The van der Waals surface area contributed by atoms with E-state index in [9.17, 15) is 4.79 Å². The zero-order valence-corrected chi connectivity index (χ0v) is 13.1. The standard InChI is InChI=1S/C17H26N2O2/c1-3-11-18-16-10-6-5-9-15(16)17(20)19(4-2)13-14-8-7-12-21-14/h5-6,9-10,14,18H,3-4,7-8,11-13H2,1-2H3. The van der Waals surface area contributed by atoms with E-state index in [4.69, 9.17) is 4.74 Å². The van der Waals surface area contributed by atoms with Gasteiger partial charge >= 0.3 is 0 Å². The number of nitrogens with one attached hydrogen (secondary N) is 1. The Morgan fingerprint density at radius 2 is 2.19 bits per heavy atom. The van der Waals surface area contributed by atoms with Crippen molar-refractivity contribution in [3.63, 3.8) is 0 Å². The van der Waals surface area contributed by atoms with Gasteiger partial charge in [0, 0.05) is 31.9 Å². The molecular weight excluding hydrogens is 264 g/mol. The average Bonchev–Trinajstić information content (AvgIpc) is 3.03. The molecule has 0 aliphatic carbocycles. The molecule has 1 aliphatic rings. The number of nitrogens with zero attached hydrogens (tertiary/aromatic N) is 1. The van der Waals surface area contributed by atoms with E-state index in [-0.39, 0.29) is 12.0 Å². The van der Waals surface area contributed by atoms with Crippen molar-refractivity contribution in [2.45, 2.75) is 39.2 Å². The largest absolute Gasteiger partial charge is 0.384 e. The molecule has 0 aromatic heterocycles. The number of hydrogen-bond donors (Lipinski definition) is 1. The fourth-order valence-corrected chi connectivity index (χ4v) is 2.64. The molecule has 1 fully saturated rings. The van der Waals surface area contributed by atoms with Crippen LogP contribution in [0.1, 0.15) is 43.5 Å². The molecule has 1 amide bonds. The predicted octanol–water partition coefficient (Wildman–Crippen LogP) is 3.15. The van der Waals surface area contributed by atoms with E-state index >= 15 is 0 Å². The number of carbonyl (C=O) groups excluding carboxylic acids is 1. The molecule has 1 unspecified atom stereocenters. The molecule has 1 aliphatic heterocycles. The van der Waals surface area contributed by atoms with Crippen LogP contribution in [0.15, 0.2) is 24.3 Å². The highest BCUT2D eigenvalue weighted by Gasteiger charge is 2.23. The first-order chi connectivity index (χ1) is 10.3. The van der Waals surface area contributed by atoms with Gasteiger partial charge in [-0.1, -0.05) is 19.1 Å². The second-order valence-electron chi connectivity index (χ2n) is 5.45. The molecule has 1 atom stereocenters. The average molecular weight is 290 g/mol. The Morgan fingerprint density at radius 3 is 2.86 bits per heavy atom. The van der Waals surface area contributed by atoms with Gasteiger partial charge in [0.05, 0.1) is 11.7 Å². The zero-order chi connectivity index (χ0) is 15.1. The van der Waals surface area contributed by atoms with Crippen molar-refractivity contribution in [1.29, 1.82) is 0 Å². The molecule has 1 saturated heterocycles. The van der Waals surface area contributed by atoms with Gasteiger partial charge in [-0.05, 0) is 38.3 Å². The topological polar surface area (TPSA) is 41.6 Å². The van der Waals surface area contributed by atoms with E-state index in [2.05, 4.69) is 12.2 Å². The lowest BCUT2D eigenvalue weighted by molar-refractivity contribution is 0.0540. The lowest BCUT2D eigenvalue weighted by atomic mass is 10.1. The molecule has 116 valence electrons. The highest BCUT2D eigenvalue weighted by atomic mass is 16.5. The van der Waals surface area contributed by atoms with Gasteiger partial charge in [0.2, 0.25) is 0 Å². The number of anilines is 1. The Labute approximate surface area is 127 Å². The molecule has 2 rings (SSSR count). The smallest absolute Gasteiger partial charge is 0.256 e. The third-order valence-electron chi connectivity index (χ3n) is 3.84. The van der Waals surface area contributed by atoms with E-state index in [1.54, 1.807) is 0 Å². The summed E-state index contributed by atoms with van der Waals surface area (Å²) in [7, 11) is 0. The summed E-state index contributed by atoms with van der Waals surface area (Å²) < 4.78 is 5.66. The van der Waals surface area contributed by atoms with E-state index in [0.717, 1.165) is 43.7 Å². The highest BCUT2D eigenvalue weighted by molar-refractivity contribution is 5.99. The molecule has 1 heterocycles. The SMILES string of the molecule is CCCNc1ccccc1C(=O)N(CC)CC1CCCO1. The lowest BCUT2D eigenvalue weighted by Crippen LogP contribution is -2.37. The molecule has 1 aromatic rings. The monoisotopic (exact) mass is 290 g/mol. The van der Waals surface area contributed by atoms with Crippen LogP contribution in [0.5, 0.6) is 0 Å².